The van der Waals surface area contributed by atoms with Crippen molar-refractivity contribution in [1.29, 1.82) is 0 Å². The Morgan fingerprint density at radius 1 is 1.14 bits per heavy atom. The van der Waals surface area contributed by atoms with Gasteiger partial charge >= 0.3 is 12.6 Å². The van der Waals surface area contributed by atoms with Gasteiger partial charge in [-0.1, -0.05) is 17.7 Å². The summed E-state index contributed by atoms with van der Waals surface area (Å²) in [6.07, 6.45) is 2.48. The average Bonchev–Trinajstić information content (AvgIpc) is 2.67. The molecule has 0 atom stereocenters. The van der Waals surface area contributed by atoms with Gasteiger partial charge in [0.05, 0.1) is 7.11 Å². The Morgan fingerprint density at radius 2 is 1.86 bits per heavy atom. The van der Waals surface area contributed by atoms with Gasteiger partial charge in [0.2, 0.25) is 0 Å². The fourth-order valence-corrected chi connectivity index (χ4v) is 2.19. The summed E-state index contributed by atoms with van der Waals surface area (Å²) >= 11 is 5.75. The Balaban J connectivity index is 1.87. The number of ether oxygens (including phenoxy) is 3. The Bertz CT molecular complexity index is 856. The number of methoxy groups -OCH3 is 1. The molecule has 9 heteroatoms. The zero-order chi connectivity index (χ0) is 20.5. The lowest BCUT2D eigenvalue weighted by Gasteiger charge is -2.10. The summed E-state index contributed by atoms with van der Waals surface area (Å²) < 4.78 is 38.7. The molecule has 2 rings (SSSR count). The molecule has 2 aromatic carbocycles. The molecule has 0 spiro atoms. The fourth-order valence-electron chi connectivity index (χ4n) is 2.06. The summed E-state index contributed by atoms with van der Waals surface area (Å²) in [4.78, 5) is 23.5. The van der Waals surface area contributed by atoms with E-state index < -0.39 is 25.1 Å². The number of carbonyl (C=O) groups is 2. The molecule has 0 saturated heterocycles. The first-order chi connectivity index (χ1) is 13.4. The van der Waals surface area contributed by atoms with Crippen molar-refractivity contribution < 1.29 is 32.6 Å². The molecule has 0 bridgehead atoms. The number of amides is 1. The number of anilines is 1. The molecule has 0 radical (unpaired) electrons. The predicted octanol–water partition coefficient (Wildman–Crippen LogP) is 4.15. The summed E-state index contributed by atoms with van der Waals surface area (Å²) in [6, 6.07) is 10.6. The van der Waals surface area contributed by atoms with Crippen molar-refractivity contribution in [2.24, 2.45) is 0 Å². The number of hydrogen-bond acceptors (Lipinski definition) is 5. The number of nitrogens with one attached hydrogen (secondary N) is 1. The van der Waals surface area contributed by atoms with Crippen molar-refractivity contribution in [3.63, 3.8) is 0 Å². The monoisotopic (exact) mass is 411 g/mol. The highest BCUT2D eigenvalue weighted by atomic mass is 35.5. The second kappa shape index (κ2) is 10.3. The molecule has 2 aromatic rings. The van der Waals surface area contributed by atoms with Gasteiger partial charge in [-0.15, -0.1) is 0 Å². The average molecular weight is 412 g/mol. The SMILES string of the molecule is COc1cc(/C=C/C(=O)OCC(=O)Nc2ccc(Cl)cc2)ccc1OC(F)F. The lowest BCUT2D eigenvalue weighted by molar-refractivity contribution is -0.142. The van der Waals surface area contributed by atoms with Gasteiger partial charge in [0.1, 0.15) is 0 Å². The summed E-state index contributed by atoms with van der Waals surface area (Å²) in [6.45, 7) is -3.46. The van der Waals surface area contributed by atoms with E-state index in [0.717, 1.165) is 6.08 Å². The zero-order valence-electron chi connectivity index (χ0n) is 14.7. The third-order valence-corrected chi connectivity index (χ3v) is 3.54. The number of alkyl halides is 2. The van der Waals surface area contributed by atoms with Crippen LogP contribution >= 0.6 is 11.6 Å². The van der Waals surface area contributed by atoms with E-state index in [4.69, 9.17) is 21.1 Å². The van der Waals surface area contributed by atoms with E-state index >= 15 is 0 Å². The topological polar surface area (TPSA) is 73.9 Å². The van der Waals surface area contributed by atoms with Crippen LogP contribution in [0.15, 0.2) is 48.5 Å². The summed E-state index contributed by atoms with van der Waals surface area (Å²) in [7, 11) is 1.30. The lowest BCUT2D eigenvalue weighted by Crippen LogP contribution is -2.20. The molecule has 0 saturated carbocycles. The molecule has 0 aliphatic heterocycles. The van der Waals surface area contributed by atoms with Gasteiger partial charge in [0.25, 0.3) is 5.91 Å². The van der Waals surface area contributed by atoms with Crippen molar-refractivity contribution in [3.8, 4) is 11.5 Å². The molecule has 0 aliphatic carbocycles. The minimum atomic E-state index is -2.98. The van der Waals surface area contributed by atoms with Crippen LogP contribution in [0.5, 0.6) is 11.5 Å². The molecular weight excluding hydrogens is 396 g/mol. The Hall–Kier alpha value is -3.13. The maximum absolute atomic E-state index is 12.3. The van der Waals surface area contributed by atoms with E-state index in [9.17, 15) is 18.4 Å². The molecule has 6 nitrogen and oxygen atoms in total. The minimum Gasteiger partial charge on any atom is -0.493 e. The molecule has 0 fully saturated rings. The second-order valence-corrected chi connectivity index (χ2v) is 5.72. The second-order valence-electron chi connectivity index (χ2n) is 5.28. The van der Waals surface area contributed by atoms with Gasteiger partial charge in [-0.25, -0.2) is 4.79 Å². The largest absolute Gasteiger partial charge is 0.493 e. The third kappa shape index (κ3) is 6.88. The Labute approximate surface area is 164 Å². The van der Waals surface area contributed by atoms with Crippen molar-refractivity contribution in [2.75, 3.05) is 19.0 Å². The van der Waals surface area contributed by atoms with Crippen LogP contribution in [-0.4, -0.2) is 32.2 Å². The van der Waals surface area contributed by atoms with Gasteiger partial charge in [-0.2, -0.15) is 8.78 Å². The summed E-state index contributed by atoms with van der Waals surface area (Å²) in [5, 5.41) is 3.07. The molecule has 0 unspecified atom stereocenters. The summed E-state index contributed by atoms with van der Waals surface area (Å²) in [5.74, 6) is -1.31. The van der Waals surface area contributed by atoms with Crippen molar-refractivity contribution in [2.45, 2.75) is 6.61 Å². The van der Waals surface area contributed by atoms with E-state index in [-0.39, 0.29) is 11.5 Å². The Morgan fingerprint density at radius 3 is 2.50 bits per heavy atom. The highest BCUT2D eigenvalue weighted by Crippen LogP contribution is 2.29. The van der Waals surface area contributed by atoms with Gasteiger partial charge in [0.15, 0.2) is 18.1 Å². The number of benzene rings is 2. The minimum absolute atomic E-state index is 0.0816. The lowest BCUT2D eigenvalue weighted by atomic mass is 10.2. The van der Waals surface area contributed by atoms with Crippen molar-refractivity contribution in [3.05, 3.63) is 59.1 Å². The number of carbonyl (C=O) groups excluding carboxylic acids is 2. The highest BCUT2D eigenvalue weighted by Gasteiger charge is 2.11. The van der Waals surface area contributed by atoms with Crippen LogP contribution in [0.25, 0.3) is 6.08 Å². The van der Waals surface area contributed by atoms with Crippen LogP contribution in [-0.2, 0) is 14.3 Å². The van der Waals surface area contributed by atoms with Gasteiger partial charge in [0, 0.05) is 16.8 Å². The van der Waals surface area contributed by atoms with Crippen LogP contribution in [0.4, 0.5) is 14.5 Å². The van der Waals surface area contributed by atoms with E-state index in [2.05, 4.69) is 10.1 Å². The molecule has 0 aromatic heterocycles. The highest BCUT2D eigenvalue weighted by molar-refractivity contribution is 6.30. The summed E-state index contributed by atoms with van der Waals surface area (Å²) in [5.41, 5.74) is 1.00. The molecule has 1 N–H and O–H groups in total. The fraction of sp³-hybridized carbons (Fsp3) is 0.158. The van der Waals surface area contributed by atoms with Crippen LogP contribution < -0.4 is 14.8 Å². The molecule has 1 amide bonds. The molecule has 148 valence electrons. The molecule has 0 heterocycles. The number of hydrogen-bond donors (Lipinski definition) is 1. The first kappa shape index (κ1) is 21.2. The number of esters is 1. The van der Waals surface area contributed by atoms with Crippen LogP contribution in [0.1, 0.15) is 5.56 Å². The predicted molar refractivity (Wildman–Crippen MR) is 99.7 cm³/mol. The first-order valence-electron chi connectivity index (χ1n) is 7.90. The maximum atomic E-state index is 12.3. The number of halogens is 3. The molecular formula is C19H16ClF2NO5. The van der Waals surface area contributed by atoms with E-state index in [1.807, 2.05) is 0 Å². The third-order valence-electron chi connectivity index (χ3n) is 3.29. The standard InChI is InChI=1S/C19H16ClF2NO5/c1-26-16-10-12(2-8-15(16)28-19(21)22)3-9-18(25)27-11-17(24)23-14-6-4-13(20)5-7-14/h2-10,19H,11H2,1H3,(H,23,24)/b9-3+. The first-order valence-corrected chi connectivity index (χ1v) is 8.28. The normalized spacial score (nSPS) is 10.8. The molecule has 28 heavy (non-hydrogen) atoms. The van der Waals surface area contributed by atoms with Gasteiger partial charge < -0.3 is 19.5 Å². The Kier molecular flexibility index (Phi) is 7.76. The van der Waals surface area contributed by atoms with E-state index in [0.29, 0.717) is 16.3 Å². The quantitative estimate of drug-likeness (QED) is 0.522. The van der Waals surface area contributed by atoms with Crippen LogP contribution in [0.3, 0.4) is 0 Å². The van der Waals surface area contributed by atoms with Gasteiger partial charge in [-0.3, -0.25) is 4.79 Å². The molecule has 0 aliphatic rings. The van der Waals surface area contributed by atoms with Crippen molar-refractivity contribution in [1.82, 2.24) is 0 Å². The van der Waals surface area contributed by atoms with E-state index in [1.165, 1.54) is 31.4 Å². The number of rotatable bonds is 8. The van der Waals surface area contributed by atoms with Crippen LogP contribution in [0, 0.1) is 0 Å². The van der Waals surface area contributed by atoms with Gasteiger partial charge in [-0.05, 0) is 48.0 Å². The van der Waals surface area contributed by atoms with Crippen molar-refractivity contribution >= 4 is 35.2 Å². The van der Waals surface area contributed by atoms with Crippen LogP contribution in [0.2, 0.25) is 5.02 Å². The smallest absolute Gasteiger partial charge is 0.387 e. The zero-order valence-corrected chi connectivity index (χ0v) is 15.4. The maximum Gasteiger partial charge on any atom is 0.387 e. The van der Waals surface area contributed by atoms with E-state index in [1.54, 1.807) is 24.3 Å².